The lowest BCUT2D eigenvalue weighted by molar-refractivity contribution is 0.594. The van der Waals surface area contributed by atoms with Crippen LogP contribution in [0.3, 0.4) is 0 Å². The summed E-state index contributed by atoms with van der Waals surface area (Å²) in [7, 11) is -3.45. The van der Waals surface area contributed by atoms with E-state index in [1.54, 1.807) is 30.3 Å². The van der Waals surface area contributed by atoms with E-state index < -0.39 is 9.84 Å². The molecule has 2 aromatic carbocycles. The molecule has 3 aromatic rings. The molecule has 0 amide bonds. The predicted octanol–water partition coefficient (Wildman–Crippen LogP) is 1.62. The van der Waals surface area contributed by atoms with Crippen molar-refractivity contribution < 1.29 is 8.42 Å². The van der Waals surface area contributed by atoms with Crippen LogP contribution in [0.25, 0.3) is 12.7 Å². The summed E-state index contributed by atoms with van der Waals surface area (Å²) in [6.45, 7) is 3.90. The van der Waals surface area contributed by atoms with Gasteiger partial charge in [0, 0.05) is 5.22 Å². The maximum atomic E-state index is 12.5. The Bertz CT molecular complexity index is 1010. The molecule has 0 spiro atoms. The van der Waals surface area contributed by atoms with Crippen molar-refractivity contribution in [2.75, 3.05) is 0 Å². The van der Waals surface area contributed by atoms with E-state index in [0.29, 0.717) is 15.9 Å². The number of hydrogen-bond acceptors (Lipinski definition) is 3. The van der Waals surface area contributed by atoms with E-state index in [1.807, 2.05) is 36.4 Å². The Balaban J connectivity index is 2.03. The van der Waals surface area contributed by atoms with Gasteiger partial charge in [0.15, 0.2) is 9.84 Å². The number of rotatable bonds is 4. The largest absolute Gasteiger partial charge is 0.278 e. The lowest BCUT2D eigenvalue weighted by Gasteiger charge is -2.02. The SMILES string of the molecule is C=c1[nH]nc(CS(=O)(=O)c2ccccc2)c1=Cc1ccccc1. The molecule has 1 aromatic heterocycles. The standard InChI is InChI=1S/C18H16N2O2S/c1-14-17(12-15-8-4-2-5-9-15)18(20-19-14)13-23(21,22)16-10-6-3-7-11-16/h2-12,19H,1,13H2. The average molecular weight is 324 g/mol. The van der Waals surface area contributed by atoms with Gasteiger partial charge >= 0.3 is 0 Å². The van der Waals surface area contributed by atoms with E-state index in [1.165, 1.54) is 0 Å². The Labute approximate surface area is 134 Å². The van der Waals surface area contributed by atoms with Gasteiger partial charge in [-0.1, -0.05) is 55.1 Å². The number of hydrogen-bond donors (Lipinski definition) is 1. The Morgan fingerprint density at radius 2 is 1.61 bits per heavy atom. The van der Waals surface area contributed by atoms with Crippen molar-refractivity contribution in [2.24, 2.45) is 0 Å². The zero-order chi connectivity index (χ0) is 16.3. The summed E-state index contributed by atoms with van der Waals surface area (Å²) in [5.41, 5.74) is 1.44. The molecule has 1 heterocycles. The molecule has 116 valence electrons. The number of sulfone groups is 1. The summed E-state index contributed by atoms with van der Waals surface area (Å²) in [4.78, 5) is 0.291. The van der Waals surface area contributed by atoms with Crippen LogP contribution in [0.2, 0.25) is 0 Å². The lowest BCUT2D eigenvalue weighted by atomic mass is 10.2. The normalized spacial score (nSPS) is 12.4. The molecule has 1 N–H and O–H groups in total. The number of H-pyrrole nitrogens is 1. The predicted molar refractivity (Wildman–Crippen MR) is 90.7 cm³/mol. The van der Waals surface area contributed by atoms with Gasteiger partial charge in [-0.2, -0.15) is 5.10 Å². The van der Waals surface area contributed by atoms with Crippen LogP contribution in [-0.2, 0) is 15.6 Å². The third-order valence-corrected chi connectivity index (χ3v) is 5.15. The average Bonchev–Trinajstić information content (AvgIpc) is 2.89. The van der Waals surface area contributed by atoms with Gasteiger partial charge in [-0.05, 0) is 23.8 Å². The van der Waals surface area contributed by atoms with Crippen LogP contribution < -0.4 is 10.6 Å². The first-order valence-corrected chi connectivity index (χ1v) is 8.78. The molecular weight excluding hydrogens is 308 g/mol. The summed E-state index contributed by atoms with van der Waals surface area (Å²) in [6, 6.07) is 18.1. The van der Waals surface area contributed by atoms with E-state index in [4.69, 9.17) is 0 Å². The fourth-order valence-corrected chi connectivity index (χ4v) is 3.64. The zero-order valence-electron chi connectivity index (χ0n) is 12.4. The van der Waals surface area contributed by atoms with Crippen LogP contribution in [0.5, 0.6) is 0 Å². The summed E-state index contributed by atoms with van der Waals surface area (Å²) >= 11 is 0. The molecule has 0 saturated carbocycles. The fourth-order valence-electron chi connectivity index (χ4n) is 2.32. The summed E-state index contributed by atoms with van der Waals surface area (Å²) in [5.74, 6) is -0.165. The third-order valence-electron chi connectivity index (χ3n) is 3.50. The topological polar surface area (TPSA) is 62.8 Å². The molecule has 0 saturated heterocycles. The van der Waals surface area contributed by atoms with Crippen molar-refractivity contribution >= 4 is 22.5 Å². The quantitative estimate of drug-likeness (QED) is 0.793. The Kier molecular flexibility index (Phi) is 4.12. The van der Waals surface area contributed by atoms with Gasteiger partial charge in [0.25, 0.3) is 0 Å². The molecule has 0 bridgehead atoms. The summed E-state index contributed by atoms with van der Waals surface area (Å²) in [6.07, 6.45) is 1.89. The van der Waals surface area contributed by atoms with Crippen molar-refractivity contribution in [3.8, 4) is 0 Å². The minimum absolute atomic E-state index is 0.165. The molecule has 0 unspecified atom stereocenters. The third kappa shape index (κ3) is 3.40. The first-order chi connectivity index (χ1) is 11.1. The van der Waals surface area contributed by atoms with Gasteiger partial charge in [0.05, 0.1) is 21.7 Å². The summed E-state index contributed by atoms with van der Waals surface area (Å²) in [5, 5.41) is 8.22. The Hall–Kier alpha value is -2.66. The number of benzene rings is 2. The van der Waals surface area contributed by atoms with Crippen molar-refractivity contribution in [3.05, 3.63) is 82.5 Å². The molecule has 0 aliphatic heterocycles. The van der Waals surface area contributed by atoms with Crippen LogP contribution in [0.4, 0.5) is 0 Å². The van der Waals surface area contributed by atoms with Crippen LogP contribution in [-0.4, -0.2) is 18.6 Å². The molecule has 0 atom stereocenters. The maximum absolute atomic E-state index is 12.5. The van der Waals surface area contributed by atoms with Crippen LogP contribution >= 0.6 is 0 Å². The van der Waals surface area contributed by atoms with Crippen LogP contribution in [0.1, 0.15) is 11.3 Å². The fraction of sp³-hybridized carbons (Fsp3) is 0.0556. The van der Waals surface area contributed by atoms with Crippen LogP contribution in [0, 0.1) is 0 Å². The van der Waals surface area contributed by atoms with Crippen molar-refractivity contribution in [3.63, 3.8) is 0 Å². The van der Waals surface area contributed by atoms with Gasteiger partial charge in [-0.25, -0.2) is 8.42 Å². The first-order valence-electron chi connectivity index (χ1n) is 7.13. The molecule has 4 nitrogen and oxygen atoms in total. The van der Waals surface area contributed by atoms with E-state index in [0.717, 1.165) is 10.8 Å². The van der Waals surface area contributed by atoms with E-state index in [2.05, 4.69) is 16.8 Å². The molecule has 0 fully saturated rings. The van der Waals surface area contributed by atoms with E-state index in [-0.39, 0.29) is 5.75 Å². The second kappa shape index (κ2) is 6.22. The molecule has 3 rings (SSSR count). The van der Waals surface area contributed by atoms with Crippen molar-refractivity contribution in [2.45, 2.75) is 10.6 Å². The second-order valence-corrected chi connectivity index (χ2v) is 7.18. The molecule has 5 heteroatoms. The monoisotopic (exact) mass is 324 g/mol. The van der Waals surface area contributed by atoms with Gasteiger partial charge in [-0.15, -0.1) is 0 Å². The first kappa shape index (κ1) is 15.2. The molecule has 0 aliphatic rings. The smallest absolute Gasteiger partial charge is 0.184 e. The molecular formula is C18H16N2O2S. The number of nitrogens with one attached hydrogen (secondary N) is 1. The van der Waals surface area contributed by atoms with Crippen molar-refractivity contribution in [1.29, 1.82) is 0 Å². The number of aromatic nitrogens is 2. The van der Waals surface area contributed by atoms with Gasteiger partial charge < -0.3 is 0 Å². The minimum Gasteiger partial charge on any atom is -0.278 e. The van der Waals surface area contributed by atoms with E-state index in [9.17, 15) is 8.42 Å². The molecule has 0 aliphatic carbocycles. The number of nitrogens with zero attached hydrogens (tertiary/aromatic N) is 1. The summed E-state index contributed by atoms with van der Waals surface area (Å²) < 4.78 is 25.1. The van der Waals surface area contributed by atoms with Crippen LogP contribution in [0.15, 0.2) is 65.6 Å². The van der Waals surface area contributed by atoms with Gasteiger partial charge in [-0.3, -0.25) is 5.10 Å². The maximum Gasteiger partial charge on any atom is 0.184 e. The van der Waals surface area contributed by atoms with E-state index >= 15 is 0 Å². The highest BCUT2D eigenvalue weighted by Crippen LogP contribution is 2.13. The highest BCUT2D eigenvalue weighted by molar-refractivity contribution is 7.90. The minimum atomic E-state index is -3.45. The Morgan fingerprint density at radius 1 is 1.00 bits per heavy atom. The highest BCUT2D eigenvalue weighted by atomic mass is 32.2. The second-order valence-electron chi connectivity index (χ2n) is 5.19. The Morgan fingerprint density at radius 3 is 2.26 bits per heavy atom. The molecule has 0 radical (unpaired) electrons. The highest BCUT2D eigenvalue weighted by Gasteiger charge is 2.17. The number of aromatic amines is 1. The zero-order valence-corrected chi connectivity index (χ0v) is 13.3. The molecule has 23 heavy (non-hydrogen) atoms. The van der Waals surface area contributed by atoms with Gasteiger partial charge in [0.1, 0.15) is 0 Å². The van der Waals surface area contributed by atoms with Gasteiger partial charge in [0.2, 0.25) is 0 Å². The van der Waals surface area contributed by atoms with Crippen molar-refractivity contribution in [1.82, 2.24) is 10.2 Å². The lowest BCUT2D eigenvalue weighted by Crippen LogP contribution is -2.25.